The molecule has 18 heavy (non-hydrogen) atoms. The van der Waals surface area contributed by atoms with Crippen LogP contribution in [-0.2, 0) is 0 Å². The molecule has 0 aliphatic carbocycles. The van der Waals surface area contributed by atoms with Gasteiger partial charge in [-0.2, -0.15) is 0 Å². The van der Waals surface area contributed by atoms with Gasteiger partial charge >= 0.3 is 0 Å². The zero-order valence-corrected chi connectivity index (χ0v) is 11.5. The minimum absolute atomic E-state index is 0.0283. The predicted molar refractivity (Wildman–Crippen MR) is 73.2 cm³/mol. The van der Waals surface area contributed by atoms with Gasteiger partial charge in [-0.15, -0.1) is 0 Å². The van der Waals surface area contributed by atoms with E-state index in [1.807, 2.05) is 6.92 Å². The van der Waals surface area contributed by atoms with Gasteiger partial charge in [0.05, 0.1) is 0 Å². The zero-order chi connectivity index (χ0) is 13.5. The lowest BCUT2D eigenvalue weighted by Crippen LogP contribution is -2.29. The highest BCUT2D eigenvalue weighted by Gasteiger charge is 2.13. The van der Waals surface area contributed by atoms with E-state index in [0.29, 0.717) is 11.6 Å². The molecule has 0 aliphatic rings. The number of benzene rings is 1. The van der Waals surface area contributed by atoms with Crippen LogP contribution in [0.3, 0.4) is 0 Å². The molecule has 2 atom stereocenters. The van der Waals surface area contributed by atoms with Crippen molar-refractivity contribution in [1.29, 1.82) is 0 Å². The summed E-state index contributed by atoms with van der Waals surface area (Å²) in [7, 11) is 0. The standard InChI is InChI=1S/C15H24FNO/c1-4-5-6-7-11(2)17-12(3)14-9-8-13(18)10-15(14)16/h8-12,17-18H,4-7H2,1-3H3. The summed E-state index contributed by atoms with van der Waals surface area (Å²) in [6, 6.07) is 4.66. The van der Waals surface area contributed by atoms with Crippen molar-refractivity contribution in [2.24, 2.45) is 0 Å². The van der Waals surface area contributed by atoms with Gasteiger partial charge in [0.1, 0.15) is 11.6 Å². The van der Waals surface area contributed by atoms with Gasteiger partial charge in [-0.1, -0.05) is 32.3 Å². The first-order chi connectivity index (χ1) is 8.54. The van der Waals surface area contributed by atoms with Crippen molar-refractivity contribution >= 4 is 0 Å². The highest BCUT2D eigenvalue weighted by Crippen LogP contribution is 2.21. The van der Waals surface area contributed by atoms with E-state index in [4.69, 9.17) is 0 Å². The van der Waals surface area contributed by atoms with Gasteiger partial charge in [0.2, 0.25) is 0 Å². The van der Waals surface area contributed by atoms with Crippen LogP contribution in [0.4, 0.5) is 4.39 Å². The van der Waals surface area contributed by atoms with E-state index in [1.54, 1.807) is 6.07 Å². The Morgan fingerprint density at radius 2 is 2.00 bits per heavy atom. The molecule has 0 aromatic heterocycles. The van der Waals surface area contributed by atoms with Crippen LogP contribution in [0.2, 0.25) is 0 Å². The van der Waals surface area contributed by atoms with Crippen LogP contribution in [0, 0.1) is 5.82 Å². The Hall–Kier alpha value is -1.09. The topological polar surface area (TPSA) is 32.3 Å². The van der Waals surface area contributed by atoms with Gasteiger partial charge < -0.3 is 10.4 Å². The minimum Gasteiger partial charge on any atom is -0.508 e. The van der Waals surface area contributed by atoms with Gasteiger partial charge in [-0.25, -0.2) is 4.39 Å². The van der Waals surface area contributed by atoms with Crippen molar-refractivity contribution in [3.63, 3.8) is 0 Å². The first kappa shape index (κ1) is 15.0. The monoisotopic (exact) mass is 253 g/mol. The van der Waals surface area contributed by atoms with Crippen LogP contribution in [0.5, 0.6) is 5.75 Å². The lowest BCUT2D eigenvalue weighted by molar-refractivity contribution is 0.426. The van der Waals surface area contributed by atoms with Crippen LogP contribution in [-0.4, -0.2) is 11.1 Å². The number of unbranched alkanes of at least 4 members (excludes halogenated alkanes) is 2. The molecule has 0 saturated heterocycles. The number of hydrogen-bond donors (Lipinski definition) is 2. The van der Waals surface area contributed by atoms with E-state index >= 15 is 0 Å². The quantitative estimate of drug-likeness (QED) is 0.715. The van der Waals surface area contributed by atoms with Crippen LogP contribution in [0.1, 0.15) is 58.1 Å². The largest absolute Gasteiger partial charge is 0.508 e. The fourth-order valence-electron chi connectivity index (χ4n) is 2.17. The van der Waals surface area contributed by atoms with Gasteiger partial charge in [-0.3, -0.25) is 0 Å². The summed E-state index contributed by atoms with van der Waals surface area (Å²) in [4.78, 5) is 0. The van der Waals surface area contributed by atoms with Gasteiger partial charge in [-0.05, 0) is 26.3 Å². The third kappa shape index (κ3) is 4.65. The average Bonchev–Trinajstić information content (AvgIpc) is 2.28. The Morgan fingerprint density at radius 1 is 1.28 bits per heavy atom. The molecule has 1 aromatic rings. The van der Waals surface area contributed by atoms with E-state index in [1.165, 1.54) is 25.3 Å². The third-order valence-corrected chi connectivity index (χ3v) is 3.23. The van der Waals surface area contributed by atoms with Crippen molar-refractivity contribution in [3.8, 4) is 5.75 Å². The second-order valence-corrected chi connectivity index (χ2v) is 4.99. The Kier molecular flexibility index (Phi) is 6.13. The molecule has 0 aliphatic heterocycles. The van der Waals surface area contributed by atoms with Gasteiger partial charge in [0, 0.05) is 23.7 Å². The summed E-state index contributed by atoms with van der Waals surface area (Å²) in [5.74, 6) is -0.379. The van der Waals surface area contributed by atoms with E-state index in [-0.39, 0.29) is 17.6 Å². The third-order valence-electron chi connectivity index (χ3n) is 3.23. The lowest BCUT2D eigenvalue weighted by Gasteiger charge is -2.20. The van der Waals surface area contributed by atoms with E-state index in [2.05, 4.69) is 19.2 Å². The zero-order valence-electron chi connectivity index (χ0n) is 11.5. The summed E-state index contributed by atoms with van der Waals surface area (Å²) in [6.45, 7) is 6.27. The molecule has 0 spiro atoms. The van der Waals surface area contributed by atoms with Crippen LogP contribution >= 0.6 is 0 Å². The normalized spacial score (nSPS) is 14.4. The van der Waals surface area contributed by atoms with Crippen LogP contribution in [0.25, 0.3) is 0 Å². The summed E-state index contributed by atoms with van der Waals surface area (Å²) >= 11 is 0. The molecule has 2 N–H and O–H groups in total. The Labute approximate surface area is 109 Å². The Balaban J connectivity index is 2.51. The highest BCUT2D eigenvalue weighted by atomic mass is 19.1. The van der Waals surface area contributed by atoms with E-state index in [0.717, 1.165) is 12.5 Å². The first-order valence-corrected chi connectivity index (χ1v) is 6.79. The molecule has 2 unspecified atom stereocenters. The predicted octanol–water partition coefficient (Wildman–Crippen LogP) is 4.15. The molecule has 0 amide bonds. The summed E-state index contributed by atoms with van der Waals surface area (Å²) < 4.78 is 13.7. The number of halogens is 1. The second kappa shape index (κ2) is 7.37. The van der Waals surface area contributed by atoms with Crippen molar-refractivity contribution in [2.45, 2.75) is 58.5 Å². The summed E-state index contributed by atoms with van der Waals surface area (Å²) in [5, 5.41) is 12.6. The van der Waals surface area contributed by atoms with E-state index in [9.17, 15) is 9.50 Å². The molecule has 102 valence electrons. The van der Waals surface area contributed by atoms with Gasteiger partial charge in [0.25, 0.3) is 0 Å². The minimum atomic E-state index is -0.351. The van der Waals surface area contributed by atoms with E-state index < -0.39 is 0 Å². The Morgan fingerprint density at radius 3 is 2.61 bits per heavy atom. The van der Waals surface area contributed by atoms with Crippen molar-refractivity contribution in [1.82, 2.24) is 5.32 Å². The maximum atomic E-state index is 13.7. The molecule has 0 heterocycles. The first-order valence-electron chi connectivity index (χ1n) is 6.79. The molecule has 0 fully saturated rings. The smallest absolute Gasteiger partial charge is 0.131 e. The maximum absolute atomic E-state index is 13.7. The molecule has 0 radical (unpaired) electrons. The van der Waals surface area contributed by atoms with Crippen LogP contribution in [0.15, 0.2) is 18.2 Å². The van der Waals surface area contributed by atoms with Crippen molar-refractivity contribution in [3.05, 3.63) is 29.6 Å². The molecule has 1 aromatic carbocycles. The molecule has 0 saturated carbocycles. The molecular weight excluding hydrogens is 229 g/mol. The molecular formula is C15H24FNO. The summed E-state index contributed by atoms with van der Waals surface area (Å²) in [6.07, 6.45) is 4.77. The summed E-state index contributed by atoms with van der Waals surface area (Å²) in [5.41, 5.74) is 0.607. The highest BCUT2D eigenvalue weighted by molar-refractivity contribution is 5.29. The Bertz CT molecular complexity index is 368. The number of nitrogens with one attached hydrogen (secondary N) is 1. The molecule has 0 bridgehead atoms. The molecule has 3 heteroatoms. The SMILES string of the molecule is CCCCCC(C)NC(C)c1ccc(O)cc1F. The van der Waals surface area contributed by atoms with Crippen LogP contribution < -0.4 is 5.32 Å². The molecule has 1 rings (SSSR count). The number of aromatic hydroxyl groups is 1. The average molecular weight is 253 g/mol. The number of rotatable bonds is 7. The lowest BCUT2D eigenvalue weighted by atomic mass is 10.0. The van der Waals surface area contributed by atoms with Gasteiger partial charge in [0.15, 0.2) is 0 Å². The number of phenols is 1. The number of phenolic OH excluding ortho intramolecular Hbond substituents is 1. The van der Waals surface area contributed by atoms with Crippen molar-refractivity contribution < 1.29 is 9.50 Å². The maximum Gasteiger partial charge on any atom is 0.131 e. The second-order valence-electron chi connectivity index (χ2n) is 4.99. The molecule has 2 nitrogen and oxygen atoms in total. The fourth-order valence-corrected chi connectivity index (χ4v) is 2.17. The van der Waals surface area contributed by atoms with Crippen molar-refractivity contribution in [2.75, 3.05) is 0 Å². The number of hydrogen-bond acceptors (Lipinski definition) is 2. The fraction of sp³-hybridized carbons (Fsp3) is 0.600.